The molecule has 3 atom stereocenters. The summed E-state index contributed by atoms with van der Waals surface area (Å²) in [5.41, 5.74) is 3.71. The van der Waals surface area contributed by atoms with E-state index >= 15 is 0 Å². The van der Waals surface area contributed by atoms with Gasteiger partial charge in [-0.3, -0.25) is 4.79 Å². The molecule has 0 unspecified atom stereocenters. The highest BCUT2D eigenvalue weighted by Crippen LogP contribution is 2.61. The lowest BCUT2D eigenvalue weighted by Gasteiger charge is -2.50. The number of hydrogen-bond acceptors (Lipinski definition) is 2. The molecule has 0 spiro atoms. The normalized spacial score (nSPS) is 43.7. The van der Waals surface area contributed by atoms with Gasteiger partial charge in [-0.1, -0.05) is 31.1 Å². The smallest absolute Gasteiger partial charge is 0.158 e. The standard InChI is InChI=1S/C16H22O2/c1-10-11-6-8-16(3)13(4-5-14(16)18)15(11,2)9-7-12(10)17/h4,14,18H,5-9H2,1-3H3/t14-,15-,16-/m1/s1. The SMILES string of the molecule is CC1=C2CC[C@]3(C)C(=CC[C@H]3O)[C@]2(C)CCC1=O. The molecule has 0 aromatic carbocycles. The summed E-state index contributed by atoms with van der Waals surface area (Å²) < 4.78 is 0. The number of carbonyl (C=O) groups is 1. The molecule has 98 valence electrons. The number of aliphatic hydroxyl groups is 1. The molecule has 0 amide bonds. The van der Waals surface area contributed by atoms with Crippen LogP contribution in [0.25, 0.3) is 0 Å². The van der Waals surface area contributed by atoms with Crippen LogP contribution in [-0.2, 0) is 4.79 Å². The summed E-state index contributed by atoms with van der Waals surface area (Å²) in [7, 11) is 0. The van der Waals surface area contributed by atoms with Gasteiger partial charge in [0, 0.05) is 17.3 Å². The van der Waals surface area contributed by atoms with Crippen LogP contribution in [0.3, 0.4) is 0 Å². The average molecular weight is 246 g/mol. The van der Waals surface area contributed by atoms with Gasteiger partial charge in [-0.25, -0.2) is 0 Å². The summed E-state index contributed by atoms with van der Waals surface area (Å²) in [5, 5.41) is 10.3. The van der Waals surface area contributed by atoms with Crippen molar-refractivity contribution in [2.24, 2.45) is 10.8 Å². The highest BCUT2D eigenvalue weighted by atomic mass is 16.3. The Morgan fingerprint density at radius 2 is 2.00 bits per heavy atom. The highest BCUT2D eigenvalue weighted by Gasteiger charge is 2.53. The Morgan fingerprint density at radius 3 is 2.72 bits per heavy atom. The fraction of sp³-hybridized carbons (Fsp3) is 0.688. The molecule has 0 aliphatic heterocycles. The summed E-state index contributed by atoms with van der Waals surface area (Å²) in [6, 6.07) is 0. The van der Waals surface area contributed by atoms with Crippen molar-refractivity contribution in [3.05, 3.63) is 22.8 Å². The molecular formula is C16H22O2. The van der Waals surface area contributed by atoms with Crippen molar-refractivity contribution in [3.8, 4) is 0 Å². The molecule has 0 aromatic rings. The van der Waals surface area contributed by atoms with Gasteiger partial charge < -0.3 is 5.11 Å². The Labute approximate surface area is 109 Å². The molecule has 2 heteroatoms. The second kappa shape index (κ2) is 3.57. The number of ketones is 1. The van der Waals surface area contributed by atoms with Gasteiger partial charge >= 0.3 is 0 Å². The zero-order chi connectivity index (χ0) is 13.1. The summed E-state index contributed by atoms with van der Waals surface area (Å²) in [5.74, 6) is 0.324. The maximum absolute atomic E-state index is 11.9. The van der Waals surface area contributed by atoms with Crippen molar-refractivity contribution in [2.75, 3.05) is 0 Å². The Morgan fingerprint density at radius 1 is 1.28 bits per heavy atom. The van der Waals surface area contributed by atoms with E-state index in [0.29, 0.717) is 12.2 Å². The predicted molar refractivity (Wildman–Crippen MR) is 71.1 cm³/mol. The zero-order valence-electron chi connectivity index (χ0n) is 11.5. The minimum Gasteiger partial charge on any atom is -0.392 e. The molecule has 0 radical (unpaired) electrons. The van der Waals surface area contributed by atoms with E-state index in [-0.39, 0.29) is 16.9 Å². The number of carbonyl (C=O) groups excluding carboxylic acids is 1. The minimum atomic E-state index is -0.233. The van der Waals surface area contributed by atoms with Gasteiger partial charge in [0.2, 0.25) is 0 Å². The minimum absolute atomic E-state index is 0.0302. The van der Waals surface area contributed by atoms with Gasteiger partial charge in [0.05, 0.1) is 6.10 Å². The second-order valence-electron chi connectivity index (χ2n) is 6.65. The first kappa shape index (κ1) is 12.2. The molecule has 1 fully saturated rings. The van der Waals surface area contributed by atoms with Gasteiger partial charge in [-0.2, -0.15) is 0 Å². The van der Waals surface area contributed by atoms with Crippen molar-refractivity contribution in [2.45, 2.75) is 59.0 Å². The third kappa shape index (κ3) is 1.30. The van der Waals surface area contributed by atoms with Crippen LogP contribution in [-0.4, -0.2) is 17.0 Å². The van der Waals surface area contributed by atoms with E-state index in [4.69, 9.17) is 0 Å². The summed E-state index contributed by atoms with van der Waals surface area (Å²) in [6.45, 7) is 6.47. The fourth-order valence-electron chi connectivity index (χ4n) is 4.49. The Bertz CT molecular complexity index is 485. The van der Waals surface area contributed by atoms with E-state index in [0.717, 1.165) is 31.3 Å². The number of allylic oxidation sites excluding steroid dienone is 2. The largest absolute Gasteiger partial charge is 0.392 e. The highest BCUT2D eigenvalue weighted by molar-refractivity contribution is 5.97. The molecule has 0 aromatic heterocycles. The van der Waals surface area contributed by atoms with E-state index < -0.39 is 0 Å². The topological polar surface area (TPSA) is 37.3 Å². The van der Waals surface area contributed by atoms with E-state index in [2.05, 4.69) is 19.9 Å². The van der Waals surface area contributed by atoms with Gasteiger partial charge in [0.15, 0.2) is 5.78 Å². The molecule has 3 aliphatic rings. The number of fused-ring (bicyclic) bond motifs is 3. The van der Waals surface area contributed by atoms with E-state index in [9.17, 15) is 9.90 Å². The van der Waals surface area contributed by atoms with Crippen molar-refractivity contribution < 1.29 is 9.90 Å². The Hall–Kier alpha value is -0.890. The summed E-state index contributed by atoms with van der Waals surface area (Å²) in [4.78, 5) is 11.9. The zero-order valence-corrected chi connectivity index (χ0v) is 11.5. The molecule has 0 heterocycles. The predicted octanol–water partition coefficient (Wildman–Crippen LogP) is 3.16. The van der Waals surface area contributed by atoms with E-state index in [1.807, 2.05) is 6.92 Å². The third-order valence-corrected chi connectivity index (χ3v) is 5.77. The van der Waals surface area contributed by atoms with Crippen molar-refractivity contribution in [1.82, 2.24) is 0 Å². The molecule has 2 nitrogen and oxygen atoms in total. The van der Waals surface area contributed by atoms with Gasteiger partial charge in [0.25, 0.3) is 0 Å². The lowest BCUT2D eigenvalue weighted by molar-refractivity contribution is -0.116. The Kier molecular flexibility index (Phi) is 2.41. The van der Waals surface area contributed by atoms with Crippen molar-refractivity contribution in [1.29, 1.82) is 0 Å². The van der Waals surface area contributed by atoms with Crippen molar-refractivity contribution >= 4 is 5.78 Å². The monoisotopic (exact) mass is 246 g/mol. The van der Waals surface area contributed by atoms with Crippen LogP contribution in [0.5, 0.6) is 0 Å². The molecule has 3 rings (SSSR count). The summed E-state index contributed by atoms with van der Waals surface area (Å²) >= 11 is 0. The first-order chi connectivity index (χ1) is 8.39. The number of hydrogen-bond donors (Lipinski definition) is 1. The molecule has 0 saturated heterocycles. The second-order valence-corrected chi connectivity index (χ2v) is 6.65. The summed E-state index contributed by atoms with van der Waals surface area (Å²) in [6.07, 6.45) is 6.33. The molecule has 1 saturated carbocycles. The lowest BCUT2D eigenvalue weighted by Crippen LogP contribution is -2.43. The molecule has 0 bridgehead atoms. The molecule has 3 aliphatic carbocycles. The maximum atomic E-state index is 11.9. The van der Waals surface area contributed by atoms with Crippen LogP contribution in [0, 0.1) is 10.8 Å². The number of aliphatic hydroxyl groups excluding tert-OH is 1. The number of rotatable bonds is 0. The third-order valence-electron chi connectivity index (χ3n) is 5.77. The van der Waals surface area contributed by atoms with Gasteiger partial charge in [-0.15, -0.1) is 0 Å². The van der Waals surface area contributed by atoms with Crippen LogP contribution < -0.4 is 0 Å². The Balaban J connectivity index is 2.14. The molecular weight excluding hydrogens is 224 g/mol. The first-order valence-corrected chi connectivity index (χ1v) is 7.02. The van der Waals surface area contributed by atoms with E-state index in [1.54, 1.807) is 0 Å². The fourth-order valence-corrected chi connectivity index (χ4v) is 4.49. The van der Waals surface area contributed by atoms with Gasteiger partial charge in [0.1, 0.15) is 0 Å². The molecule has 18 heavy (non-hydrogen) atoms. The maximum Gasteiger partial charge on any atom is 0.158 e. The van der Waals surface area contributed by atoms with Crippen LogP contribution >= 0.6 is 0 Å². The average Bonchev–Trinajstić information content (AvgIpc) is 2.63. The van der Waals surface area contributed by atoms with Gasteiger partial charge in [-0.05, 0) is 38.2 Å². The van der Waals surface area contributed by atoms with Crippen LogP contribution in [0.15, 0.2) is 22.8 Å². The van der Waals surface area contributed by atoms with Crippen molar-refractivity contribution in [3.63, 3.8) is 0 Å². The first-order valence-electron chi connectivity index (χ1n) is 7.02. The number of Topliss-reactive ketones (excluding diaryl/α,β-unsaturated/α-hetero) is 1. The molecule has 1 N–H and O–H groups in total. The van der Waals surface area contributed by atoms with Crippen LogP contribution in [0.1, 0.15) is 52.9 Å². The van der Waals surface area contributed by atoms with Crippen LogP contribution in [0.2, 0.25) is 0 Å². The quantitative estimate of drug-likeness (QED) is 0.667. The van der Waals surface area contributed by atoms with E-state index in [1.165, 1.54) is 11.1 Å². The lowest BCUT2D eigenvalue weighted by atomic mass is 9.54. The van der Waals surface area contributed by atoms with Crippen LogP contribution in [0.4, 0.5) is 0 Å².